The summed E-state index contributed by atoms with van der Waals surface area (Å²) in [5, 5.41) is 36.6. The van der Waals surface area contributed by atoms with Crippen LogP contribution in [0.25, 0.3) is 0 Å². The summed E-state index contributed by atoms with van der Waals surface area (Å²) in [5.74, 6) is -0.468. The number of benzene rings is 1. The first-order valence-electron chi connectivity index (χ1n) is 9.00. The van der Waals surface area contributed by atoms with Gasteiger partial charge >= 0.3 is 5.97 Å². The minimum Gasteiger partial charge on any atom is -0.481 e. The van der Waals surface area contributed by atoms with Gasteiger partial charge in [0.1, 0.15) is 18.7 Å². The summed E-state index contributed by atoms with van der Waals surface area (Å²) in [7, 11) is 2.94. The van der Waals surface area contributed by atoms with Crippen molar-refractivity contribution in [2.24, 2.45) is 0 Å². The molecule has 0 radical (unpaired) electrons. The second-order valence-electron chi connectivity index (χ2n) is 6.10. The van der Waals surface area contributed by atoms with Gasteiger partial charge in [0.15, 0.2) is 5.16 Å². The van der Waals surface area contributed by atoms with Crippen LogP contribution in [-0.4, -0.2) is 74.2 Å². The van der Waals surface area contributed by atoms with Gasteiger partial charge in [-0.15, -0.1) is 0 Å². The van der Waals surface area contributed by atoms with E-state index in [0.717, 1.165) is 11.8 Å². The number of aromatic carboxylic acids is 1. The zero-order valence-electron chi connectivity index (χ0n) is 17.7. The average molecular weight is 476 g/mol. The van der Waals surface area contributed by atoms with Crippen molar-refractivity contribution < 1.29 is 34.7 Å². The van der Waals surface area contributed by atoms with Crippen LogP contribution >= 0.6 is 23.4 Å². The summed E-state index contributed by atoms with van der Waals surface area (Å²) in [6.45, 7) is 4.46. The molecule has 0 amide bonds. The van der Waals surface area contributed by atoms with Gasteiger partial charge in [-0.3, -0.25) is 0 Å². The van der Waals surface area contributed by atoms with Crippen LogP contribution in [0.15, 0.2) is 34.3 Å². The molecule has 31 heavy (non-hydrogen) atoms. The number of carboxylic acid groups (broad SMARTS) is 1. The minimum atomic E-state index is -1.11. The highest BCUT2D eigenvalue weighted by molar-refractivity contribution is 7.99. The van der Waals surface area contributed by atoms with Crippen molar-refractivity contribution in [3.63, 3.8) is 0 Å². The standard InChI is InChI=1S/C13H11ClN2O4S.C6H15NO3/c1-19-9-6-10(20-2)16-13(15-9)21-8-5-3-4-7(14)11(8)12(17)18;1-4(8)7(5(2)9)6(3)10/h3-6H,1-2H3,(H,17,18);4-6,8-10H,1-3H3. The Morgan fingerprint density at radius 1 is 1.03 bits per heavy atom. The van der Waals surface area contributed by atoms with Crippen molar-refractivity contribution in [3.8, 4) is 11.8 Å². The second kappa shape index (κ2) is 12.6. The van der Waals surface area contributed by atoms with E-state index in [0.29, 0.717) is 21.8 Å². The summed E-state index contributed by atoms with van der Waals surface area (Å²) < 4.78 is 10.1. The highest BCUT2D eigenvalue weighted by atomic mass is 35.5. The van der Waals surface area contributed by atoms with Gasteiger partial charge in [0, 0.05) is 4.90 Å². The molecule has 0 aliphatic carbocycles. The number of nitrogens with zero attached hydrogens (tertiary/aromatic N) is 3. The zero-order valence-corrected chi connectivity index (χ0v) is 19.3. The molecule has 0 spiro atoms. The molecule has 3 unspecified atom stereocenters. The number of carbonyl (C=O) groups is 1. The van der Waals surface area contributed by atoms with Crippen LogP contribution in [0.3, 0.4) is 0 Å². The van der Waals surface area contributed by atoms with E-state index in [1.807, 2.05) is 0 Å². The Kier molecular flexibility index (Phi) is 11.0. The van der Waals surface area contributed by atoms with Gasteiger partial charge < -0.3 is 29.9 Å². The van der Waals surface area contributed by atoms with E-state index < -0.39 is 24.7 Å². The van der Waals surface area contributed by atoms with E-state index in [1.165, 1.54) is 52.0 Å². The van der Waals surface area contributed by atoms with Crippen LogP contribution in [0.4, 0.5) is 0 Å². The van der Waals surface area contributed by atoms with Crippen molar-refractivity contribution in [2.75, 3.05) is 14.2 Å². The van der Waals surface area contributed by atoms with E-state index in [4.69, 9.17) is 36.4 Å². The number of aromatic nitrogens is 2. The first-order valence-corrected chi connectivity index (χ1v) is 10.2. The highest BCUT2D eigenvalue weighted by Crippen LogP contribution is 2.33. The molecule has 172 valence electrons. The molecule has 0 bridgehead atoms. The largest absolute Gasteiger partial charge is 0.481 e. The number of rotatable bonds is 8. The molecule has 1 aromatic carbocycles. The Balaban J connectivity index is 0.000000407. The fourth-order valence-electron chi connectivity index (χ4n) is 2.47. The van der Waals surface area contributed by atoms with Crippen LogP contribution in [0.5, 0.6) is 11.8 Å². The lowest BCUT2D eigenvalue weighted by molar-refractivity contribution is -0.159. The molecule has 0 fully saturated rings. The second-order valence-corrected chi connectivity index (χ2v) is 7.51. The quantitative estimate of drug-likeness (QED) is 0.329. The fraction of sp³-hybridized carbons (Fsp3) is 0.421. The maximum Gasteiger partial charge on any atom is 0.338 e. The van der Waals surface area contributed by atoms with E-state index in [9.17, 15) is 9.90 Å². The van der Waals surface area contributed by atoms with Gasteiger partial charge in [-0.05, 0) is 44.7 Å². The Labute approximate surface area is 189 Å². The SMILES string of the molecule is CC(O)N(C(C)O)C(C)O.COc1cc(OC)nc(Sc2cccc(Cl)c2C(=O)O)n1. The number of ether oxygens (including phenoxy) is 2. The molecule has 1 aromatic heterocycles. The Morgan fingerprint density at radius 2 is 1.52 bits per heavy atom. The van der Waals surface area contributed by atoms with E-state index in [-0.39, 0.29) is 10.6 Å². The van der Waals surface area contributed by atoms with E-state index in [1.54, 1.807) is 12.1 Å². The number of hydrogen-bond donors (Lipinski definition) is 4. The van der Waals surface area contributed by atoms with E-state index >= 15 is 0 Å². The molecule has 2 rings (SSSR count). The first kappa shape index (κ1) is 26.9. The van der Waals surface area contributed by atoms with Gasteiger partial charge in [-0.1, -0.05) is 17.7 Å². The molecule has 0 aliphatic heterocycles. The van der Waals surface area contributed by atoms with Gasteiger partial charge in [0.05, 0.1) is 30.9 Å². The van der Waals surface area contributed by atoms with Crippen molar-refractivity contribution in [2.45, 2.75) is 49.5 Å². The summed E-state index contributed by atoms with van der Waals surface area (Å²) in [6, 6.07) is 6.34. The lowest BCUT2D eigenvalue weighted by Gasteiger charge is -2.30. The van der Waals surface area contributed by atoms with Crippen molar-refractivity contribution in [1.82, 2.24) is 14.9 Å². The van der Waals surface area contributed by atoms with Crippen LogP contribution in [0.1, 0.15) is 31.1 Å². The number of aliphatic hydroxyl groups is 3. The normalized spacial score (nSPS) is 13.6. The minimum absolute atomic E-state index is 0.00885. The monoisotopic (exact) mass is 475 g/mol. The molecule has 1 heterocycles. The summed E-state index contributed by atoms with van der Waals surface area (Å²) in [4.78, 5) is 21.2. The molecule has 2 aromatic rings. The summed E-state index contributed by atoms with van der Waals surface area (Å²) >= 11 is 6.99. The lowest BCUT2D eigenvalue weighted by Crippen LogP contribution is -2.45. The number of aliphatic hydroxyl groups excluding tert-OH is 3. The molecular formula is C19H26ClN3O7S. The fourth-order valence-corrected chi connectivity index (χ4v) is 3.70. The summed E-state index contributed by atoms with van der Waals surface area (Å²) in [5.41, 5.74) is 0.00885. The number of methoxy groups -OCH3 is 2. The maximum absolute atomic E-state index is 11.3. The Morgan fingerprint density at radius 3 is 1.87 bits per heavy atom. The van der Waals surface area contributed by atoms with Crippen LogP contribution in [0, 0.1) is 0 Å². The maximum atomic E-state index is 11.3. The Hall–Kier alpha value is -2.15. The van der Waals surface area contributed by atoms with Crippen LogP contribution in [-0.2, 0) is 0 Å². The van der Waals surface area contributed by atoms with Crippen molar-refractivity contribution >= 4 is 29.3 Å². The first-order chi connectivity index (χ1) is 14.5. The van der Waals surface area contributed by atoms with Gasteiger partial charge in [-0.2, -0.15) is 9.97 Å². The summed E-state index contributed by atoms with van der Waals surface area (Å²) in [6.07, 6.45) is -2.50. The zero-order chi connectivity index (χ0) is 23.7. The highest BCUT2D eigenvalue weighted by Gasteiger charge is 2.20. The molecule has 0 saturated heterocycles. The third-order valence-electron chi connectivity index (χ3n) is 3.76. The molecule has 12 heteroatoms. The topological polar surface area (TPSA) is 145 Å². The van der Waals surface area contributed by atoms with Crippen LogP contribution in [0.2, 0.25) is 5.02 Å². The molecule has 3 atom stereocenters. The van der Waals surface area contributed by atoms with Crippen LogP contribution < -0.4 is 9.47 Å². The third kappa shape index (κ3) is 8.13. The number of hydrogen-bond acceptors (Lipinski definition) is 10. The smallest absolute Gasteiger partial charge is 0.338 e. The van der Waals surface area contributed by atoms with Crippen molar-refractivity contribution in [1.29, 1.82) is 0 Å². The lowest BCUT2D eigenvalue weighted by atomic mass is 10.2. The molecule has 0 saturated carbocycles. The van der Waals surface area contributed by atoms with Gasteiger partial charge in [0.25, 0.3) is 0 Å². The molecular weight excluding hydrogens is 450 g/mol. The van der Waals surface area contributed by atoms with Gasteiger partial charge in [-0.25, -0.2) is 9.69 Å². The molecule has 0 aliphatic rings. The van der Waals surface area contributed by atoms with E-state index in [2.05, 4.69) is 9.97 Å². The Bertz CT molecular complexity index is 827. The number of halogens is 1. The predicted octanol–water partition coefficient (Wildman–Crippen LogP) is 2.30. The molecule has 4 N–H and O–H groups in total. The third-order valence-corrected chi connectivity index (χ3v) is 5.00. The van der Waals surface area contributed by atoms with Crippen molar-refractivity contribution in [3.05, 3.63) is 34.9 Å². The average Bonchev–Trinajstić information content (AvgIpc) is 2.66. The predicted molar refractivity (Wildman–Crippen MR) is 115 cm³/mol. The molecule has 10 nitrogen and oxygen atoms in total. The van der Waals surface area contributed by atoms with Gasteiger partial charge in [0.2, 0.25) is 11.8 Å². The number of carboxylic acids is 1.